The van der Waals surface area contributed by atoms with Gasteiger partial charge in [0.25, 0.3) is 5.91 Å². The van der Waals surface area contributed by atoms with Gasteiger partial charge in [-0.05, 0) is 29.8 Å². The van der Waals surface area contributed by atoms with E-state index in [2.05, 4.69) is 15.5 Å². The molecule has 0 spiro atoms. The van der Waals surface area contributed by atoms with Crippen molar-refractivity contribution in [2.45, 2.75) is 12.5 Å². The maximum atomic E-state index is 12.8. The number of nitrogens with one attached hydrogen (secondary N) is 2. The van der Waals surface area contributed by atoms with Crippen LogP contribution in [0.3, 0.4) is 0 Å². The number of hydrogen-bond acceptors (Lipinski definition) is 3. The van der Waals surface area contributed by atoms with Gasteiger partial charge < -0.3 is 11.1 Å². The van der Waals surface area contributed by atoms with Crippen molar-refractivity contribution >= 4 is 35.0 Å². The Balaban J connectivity index is 1.87. The number of nitrogens with two attached hydrogens (primary N) is 1. The van der Waals surface area contributed by atoms with Crippen molar-refractivity contribution in [3.8, 4) is 11.3 Å². The van der Waals surface area contributed by atoms with Gasteiger partial charge in [0.05, 0.1) is 29.9 Å². The summed E-state index contributed by atoms with van der Waals surface area (Å²) in [6, 6.07) is 13.3. The van der Waals surface area contributed by atoms with Crippen LogP contribution in [0.25, 0.3) is 11.3 Å². The highest BCUT2D eigenvalue weighted by Crippen LogP contribution is 2.25. The molecule has 138 valence electrons. The number of benzene rings is 2. The summed E-state index contributed by atoms with van der Waals surface area (Å²) in [6.07, 6.45) is 1.37. The van der Waals surface area contributed by atoms with Crippen LogP contribution in [0, 0.1) is 0 Å². The third-order valence-corrected chi connectivity index (χ3v) is 4.47. The second-order valence-corrected chi connectivity index (χ2v) is 6.79. The van der Waals surface area contributed by atoms with Crippen LogP contribution in [-0.2, 0) is 4.79 Å². The second kappa shape index (κ2) is 8.24. The molecule has 27 heavy (non-hydrogen) atoms. The Morgan fingerprint density at radius 1 is 1.11 bits per heavy atom. The van der Waals surface area contributed by atoms with Crippen LogP contribution in [0.5, 0.6) is 0 Å². The maximum Gasteiger partial charge on any atom is 0.255 e. The molecule has 3 aromatic rings. The largest absolute Gasteiger partial charge is 0.370 e. The summed E-state index contributed by atoms with van der Waals surface area (Å²) < 4.78 is 0. The standard InChI is InChI=1S/C19H16Cl2N4O2/c20-13-6-4-11(5-7-13)18-15(10-23-25-18)19(27)24-16(9-17(22)26)12-2-1-3-14(21)8-12/h1-8,10,16H,9H2,(H2,22,26)(H,23,25)(H,24,27)/t16-/m1/s1. The van der Waals surface area contributed by atoms with E-state index in [-0.39, 0.29) is 12.3 Å². The highest BCUT2D eigenvalue weighted by atomic mass is 35.5. The molecule has 2 amide bonds. The molecule has 1 heterocycles. The van der Waals surface area contributed by atoms with E-state index in [0.29, 0.717) is 26.9 Å². The summed E-state index contributed by atoms with van der Waals surface area (Å²) in [6.45, 7) is 0. The molecule has 0 unspecified atom stereocenters. The number of carbonyl (C=O) groups is 2. The smallest absolute Gasteiger partial charge is 0.255 e. The number of nitrogens with zero attached hydrogens (tertiary/aromatic N) is 1. The lowest BCUT2D eigenvalue weighted by molar-refractivity contribution is -0.118. The number of H-pyrrole nitrogens is 1. The van der Waals surface area contributed by atoms with Crippen LogP contribution in [-0.4, -0.2) is 22.0 Å². The molecule has 0 bridgehead atoms. The number of carbonyl (C=O) groups excluding carboxylic acids is 2. The first kappa shape index (κ1) is 18.9. The van der Waals surface area contributed by atoms with Crippen molar-refractivity contribution in [2.24, 2.45) is 5.73 Å². The van der Waals surface area contributed by atoms with Crippen molar-refractivity contribution in [3.63, 3.8) is 0 Å². The molecule has 0 radical (unpaired) electrons. The molecule has 0 fully saturated rings. The predicted molar refractivity (Wildman–Crippen MR) is 105 cm³/mol. The molecule has 0 saturated heterocycles. The Morgan fingerprint density at radius 2 is 1.85 bits per heavy atom. The minimum Gasteiger partial charge on any atom is -0.370 e. The normalized spacial score (nSPS) is 11.8. The minimum absolute atomic E-state index is 0.0553. The Bertz CT molecular complexity index is 970. The Morgan fingerprint density at radius 3 is 2.52 bits per heavy atom. The van der Waals surface area contributed by atoms with Gasteiger partial charge in [-0.1, -0.05) is 47.5 Å². The highest BCUT2D eigenvalue weighted by Gasteiger charge is 2.21. The number of hydrogen-bond donors (Lipinski definition) is 3. The number of aromatic nitrogens is 2. The second-order valence-electron chi connectivity index (χ2n) is 5.92. The van der Waals surface area contributed by atoms with E-state index >= 15 is 0 Å². The lowest BCUT2D eigenvalue weighted by atomic mass is 10.0. The maximum absolute atomic E-state index is 12.8. The zero-order valence-electron chi connectivity index (χ0n) is 14.1. The fourth-order valence-corrected chi connectivity index (χ4v) is 3.03. The SMILES string of the molecule is NC(=O)C[C@@H](NC(=O)c1cn[nH]c1-c1ccc(Cl)cc1)c1cccc(Cl)c1. The summed E-state index contributed by atoms with van der Waals surface area (Å²) >= 11 is 11.9. The van der Waals surface area contributed by atoms with E-state index in [1.165, 1.54) is 6.20 Å². The molecule has 4 N–H and O–H groups in total. The Labute approximate surface area is 165 Å². The van der Waals surface area contributed by atoms with Crippen molar-refractivity contribution in [2.75, 3.05) is 0 Å². The molecular weight excluding hydrogens is 387 g/mol. The molecule has 8 heteroatoms. The van der Waals surface area contributed by atoms with Gasteiger partial charge in [0.15, 0.2) is 0 Å². The van der Waals surface area contributed by atoms with E-state index in [0.717, 1.165) is 5.56 Å². The van der Waals surface area contributed by atoms with Gasteiger partial charge in [-0.25, -0.2) is 0 Å². The Kier molecular flexibility index (Phi) is 5.78. The van der Waals surface area contributed by atoms with Crippen LogP contribution in [0.2, 0.25) is 10.0 Å². The van der Waals surface area contributed by atoms with E-state index in [1.54, 1.807) is 48.5 Å². The van der Waals surface area contributed by atoms with Crippen LogP contribution in [0.15, 0.2) is 54.7 Å². The molecule has 0 aliphatic heterocycles. The summed E-state index contributed by atoms with van der Waals surface area (Å²) in [4.78, 5) is 24.3. The van der Waals surface area contributed by atoms with E-state index in [1.807, 2.05) is 0 Å². The van der Waals surface area contributed by atoms with E-state index in [9.17, 15) is 9.59 Å². The van der Waals surface area contributed by atoms with Crippen molar-refractivity contribution in [1.29, 1.82) is 0 Å². The summed E-state index contributed by atoms with van der Waals surface area (Å²) in [5, 5.41) is 10.7. The highest BCUT2D eigenvalue weighted by molar-refractivity contribution is 6.30. The van der Waals surface area contributed by atoms with Crippen LogP contribution < -0.4 is 11.1 Å². The quantitative estimate of drug-likeness (QED) is 0.585. The molecule has 6 nitrogen and oxygen atoms in total. The van der Waals surface area contributed by atoms with Crippen LogP contribution in [0.1, 0.15) is 28.4 Å². The van der Waals surface area contributed by atoms with Gasteiger partial charge in [-0.2, -0.15) is 5.10 Å². The van der Waals surface area contributed by atoms with Gasteiger partial charge in [0.2, 0.25) is 5.91 Å². The van der Waals surface area contributed by atoms with Gasteiger partial charge in [0, 0.05) is 15.6 Å². The third-order valence-electron chi connectivity index (χ3n) is 3.98. The molecule has 2 aromatic carbocycles. The number of primary amides is 1. The molecule has 1 atom stereocenters. The first-order chi connectivity index (χ1) is 12.9. The topological polar surface area (TPSA) is 101 Å². The van der Waals surface area contributed by atoms with Crippen molar-refractivity contribution in [3.05, 3.63) is 75.9 Å². The number of halogens is 2. The van der Waals surface area contributed by atoms with Gasteiger partial charge in [-0.3, -0.25) is 14.7 Å². The fraction of sp³-hybridized carbons (Fsp3) is 0.105. The molecule has 0 aliphatic carbocycles. The lowest BCUT2D eigenvalue weighted by Crippen LogP contribution is -2.32. The number of rotatable bonds is 6. The fourth-order valence-electron chi connectivity index (χ4n) is 2.71. The van der Waals surface area contributed by atoms with Crippen LogP contribution >= 0.6 is 23.2 Å². The Hall–Kier alpha value is -2.83. The van der Waals surface area contributed by atoms with Gasteiger partial charge >= 0.3 is 0 Å². The summed E-state index contributed by atoms with van der Waals surface area (Å²) in [5.74, 6) is -0.926. The van der Waals surface area contributed by atoms with Crippen LogP contribution in [0.4, 0.5) is 0 Å². The van der Waals surface area contributed by atoms with Gasteiger partial charge in [-0.15, -0.1) is 0 Å². The molecule has 0 aliphatic rings. The van der Waals surface area contributed by atoms with Gasteiger partial charge in [0.1, 0.15) is 0 Å². The monoisotopic (exact) mass is 402 g/mol. The molecule has 3 rings (SSSR count). The zero-order chi connectivity index (χ0) is 19.4. The summed E-state index contributed by atoms with van der Waals surface area (Å²) in [5.41, 5.74) is 7.68. The number of amides is 2. The number of aromatic amines is 1. The minimum atomic E-state index is -0.610. The average molecular weight is 403 g/mol. The molecule has 0 saturated carbocycles. The lowest BCUT2D eigenvalue weighted by Gasteiger charge is -2.18. The van der Waals surface area contributed by atoms with E-state index < -0.39 is 11.9 Å². The third kappa shape index (κ3) is 4.67. The predicted octanol–water partition coefficient (Wildman–Crippen LogP) is 3.73. The average Bonchev–Trinajstić information content (AvgIpc) is 3.11. The van der Waals surface area contributed by atoms with E-state index in [4.69, 9.17) is 28.9 Å². The summed E-state index contributed by atoms with van der Waals surface area (Å²) in [7, 11) is 0. The first-order valence-electron chi connectivity index (χ1n) is 8.08. The van der Waals surface area contributed by atoms with Crippen molar-refractivity contribution < 1.29 is 9.59 Å². The first-order valence-corrected chi connectivity index (χ1v) is 8.83. The zero-order valence-corrected chi connectivity index (χ0v) is 15.6. The molecule has 1 aromatic heterocycles. The molecular formula is C19H16Cl2N4O2. The van der Waals surface area contributed by atoms with Crippen molar-refractivity contribution in [1.82, 2.24) is 15.5 Å².